The van der Waals surface area contributed by atoms with E-state index >= 15 is 0 Å². The zero-order valence-corrected chi connectivity index (χ0v) is 12.5. The van der Waals surface area contributed by atoms with Gasteiger partial charge in [-0.25, -0.2) is 9.67 Å². The van der Waals surface area contributed by atoms with Gasteiger partial charge >= 0.3 is 0 Å². The molecule has 7 heteroatoms. The molecule has 1 aromatic heterocycles. The number of non-ortho nitro benzene ring substituents is 1. The Hall–Kier alpha value is -2.44. The smallest absolute Gasteiger partial charge is 0.269 e. The van der Waals surface area contributed by atoms with Crippen molar-refractivity contribution < 1.29 is 4.92 Å². The third-order valence-electron chi connectivity index (χ3n) is 3.31. The minimum absolute atomic E-state index is 0.0814. The lowest BCUT2D eigenvalue weighted by Gasteiger charge is -2.10. The number of aryl methyl sites for hydroxylation is 2. The molecule has 0 unspecified atom stereocenters. The number of nitro benzene ring substituents is 1. The second kappa shape index (κ2) is 6.34. The van der Waals surface area contributed by atoms with Crippen molar-refractivity contribution in [3.63, 3.8) is 0 Å². The highest BCUT2D eigenvalue weighted by atomic mass is 16.6. The maximum atomic E-state index is 10.9. The summed E-state index contributed by atoms with van der Waals surface area (Å²) in [5, 5.41) is 18.4. The lowest BCUT2D eigenvalue weighted by atomic mass is 10.1. The summed E-state index contributed by atoms with van der Waals surface area (Å²) >= 11 is 0. The summed E-state index contributed by atoms with van der Waals surface area (Å²) in [4.78, 5) is 15.0. The first-order valence-electron chi connectivity index (χ1n) is 6.96. The molecule has 0 amide bonds. The molecule has 2 aromatic rings. The van der Waals surface area contributed by atoms with Crippen molar-refractivity contribution in [3.05, 3.63) is 45.5 Å². The molecule has 21 heavy (non-hydrogen) atoms. The van der Waals surface area contributed by atoms with Gasteiger partial charge in [0.15, 0.2) is 5.82 Å². The molecule has 0 aliphatic carbocycles. The molecule has 0 radical (unpaired) electrons. The standard InChI is InChI=1S/C14H19N5O2/c1-4-13-16-14(5-2)18(17-13)9-10-8-11(19(20)21)6-7-12(10)15-3/h6-8,15H,4-5,9H2,1-3H3. The summed E-state index contributed by atoms with van der Waals surface area (Å²) in [6, 6.07) is 4.80. The first-order chi connectivity index (χ1) is 10.1. The highest BCUT2D eigenvalue weighted by Gasteiger charge is 2.13. The number of anilines is 1. The van der Waals surface area contributed by atoms with Crippen LogP contribution in [0, 0.1) is 10.1 Å². The maximum absolute atomic E-state index is 10.9. The van der Waals surface area contributed by atoms with Crippen LogP contribution in [0.4, 0.5) is 11.4 Å². The fourth-order valence-corrected chi connectivity index (χ4v) is 2.19. The van der Waals surface area contributed by atoms with Crippen LogP contribution < -0.4 is 5.32 Å². The van der Waals surface area contributed by atoms with E-state index in [0.29, 0.717) is 6.54 Å². The number of rotatable bonds is 6. The first kappa shape index (κ1) is 15.0. The van der Waals surface area contributed by atoms with Gasteiger partial charge in [0, 0.05) is 43.3 Å². The quantitative estimate of drug-likeness (QED) is 0.652. The average molecular weight is 289 g/mol. The Bertz CT molecular complexity index is 651. The van der Waals surface area contributed by atoms with Gasteiger partial charge in [-0.1, -0.05) is 13.8 Å². The zero-order valence-electron chi connectivity index (χ0n) is 12.5. The van der Waals surface area contributed by atoms with Crippen molar-refractivity contribution in [2.75, 3.05) is 12.4 Å². The topological polar surface area (TPSA) is 85.9 Å². The van der Waals surface area contributed by atoms with Crippen LogP contribution in [0.5, 0.6) is 0 Å². The van der Waals surface area contributed by atoms with E-state index in [1.54, 1.807) is 19.2 Å². The molecule has 1 N–H and O–H groups in total. The van der Waals surface area contributed by atoms with E-state index in [4.69, 9.17) is 0 Å². The van der Waals surface area contributed by atoms with E-state index in [1.165, 1.54) is 6.07 Å². The number of aromatic nitrogens is 3. The first-order valence-corrected chi connectivity index (χ1v) is 6.96. The molecule has 0 atom stereocenters. The number of nitro groups is 1. The number of nitrogens with one attached hydrogen (secondary N) is 1. The predicted octanol–water partition coefficient (Wildman–Crippen LogP) is 2.40. The van der Waals surface area contributed by atoms with Crippen LogP contribution in [0.25, 0.3) is 0 Å². The molecule has 0 bridgehead atoms. The summed E-state index contributed by atoms with van der Waals surface area (Å²) in [7, 11) is 1.80. The molecule has 0 spiro atoms. The minimum Gasteiger partial charge on any atom is -0.388 e. The van der Waals surface area contributed by atoms with Gasteiger partial charge in [0.2, 0.25) is 0 Å². The van der Waals surface area contributed by atoms with Crippen molar-refractivity contribution in [3.8, 4) is 0 Å². The summed E-state index contributed by atoms with van der Waals surface area (Å²) in [5.41, 5.74) is 1.77. The lowest BCUT2D eigenvalue weighted by molar-refractivity contribution is -0.384. The number of nitrogens with zero attached hydrogens (tertiary/aromatic N) is 4. The van der Waals surface area contributed by atoms with Crippen LogP contribution in [0.1, 0.15) is 31.1 Å². The van der Waals surface area contributed by atoms with Gasteiger partial charge in [-0.15, -0.1) is 0 Å². The zero-order chi connectivity index (χ0) is 15.4. The molecular formula is C14H19N5O2. The monoisotopic (exact) mass is 289 g/mol. The fourth-order valence-electron chi connectivity index (χ4n) is 2.19. The lowest BCUT2D eigenvalue weighted by Crippen LogP contribution is -2.09. The number of hydrogen-bond donors (Lipinski definition) is 1. The SMILES string of the molecule is CCc1nc(CC)n(Cc2cc([N+](=O)[O-])ccc2NC)n1. The van der Waals surface area contributed by atoms with E-state index in [-0.39, 0.29) is 10.6 Å². The largest absolute Gasteiger partial charge is 0.388 e. The molecule has 2 rings (SSSR count). The highest BCUT2D eigenvalue weighted by Crippen LogP contribution is 2.23. The highest BCUT2D eigenvalue weighted by molar-refractivity contribution is 5.55. The maximum Gasteiger partial charge on any atom is 0.269 e. The second-order valence-corrected chi connectivity index (χ2v) is 4.66. The molecule has 112 valence electrons. The van der Waals surface area contributed by atoms with Gasteiger partial charge in [0.05, 0.1) is 11.5 Å². The summed E-state index contributed by atoms with van der Waals surface area (Å²) in [6.07, 6.45) is 1.55. The van der Waals surface area contributed by atoms with Gasteiger partial charge < -0.3 is 5.32 Å². The van der Waals surface area contributed by atoms with E-state index in [0.717, 1.165) is 35.7 Å². The molecule has 0 saturated heterocycles. The third kappa shape index (κ3) is 3.18. The third-order valence-corrected chi connectivity index (χ3v) is 3.31. The molecule has 0 aliphatic heterocycles. The van der Waals surface area contributed by atoms with Crippen LogP contribution in [0.15, 0.2) is 18.2 Å². The molecule has 1 aromatic carbocycles. The van der Waals surface area contributed by atoms with Crippen LogP contribution >= 0.6 is 0 Å². The molecule has 7 nitrogen and oxygen atoms in total. The van der Waals surface area contributed by atoms with Gasteiger partial charge in [0.1, 0.15) is 5.82 Å². The Balaban J connectivity index is 2.39. The molecule has 0 fully saturated rings. The summed E-state index contributed by atoms with van der Waals surface area (Å²) in [5.74, 6) is 1.68. The van der Waals surface area contributed by atoms with Crippen LogP contribution in [0.2, 0.25) is 0 Å². The number of hydrogen-bond acceptors (Lipinski definition) is 5. The molecule has 0 saturated carbocycles. The summed E-state index contributed by atoms with van der Waals surface area (Å²) < 4.78 is 1.82. The van der Waals surface area contributed by atoms with Crippen molar-refractivity contribution in [1.29, 1.82) is 0 Å². The Labute approximate surface area is 123 Å². The summed E-state index contributed by atoms with van der Waals surface area (Å²) in [6.45, 7) is 4.49. The van der Waals surface area contributed by atoms with Crippen molar-refractivity contribution in [1.82, 2.24) is 14.8 Å². The molecule has 0 aliphatic rings. The van der Waals surface area contributed by atoms with Crippen LogP contribution in [0.3, 0.4) is 0 Å². The number of benzene rings is 1. The van der Waals surface area contributed by atoms with Gasteiger partial charge in [-0.05, 0) is 6.07 Å². The Morgan fingerprint density at radius 2 is 2.10 bits per heavy atom. The molecule has 1 heterocycles. The Morgan fingerprint density at radius 3 is 2.67 bits per heavy atom. The normalized spacial score (nSPS) is 10.6. The van der Waals surface area contributed by atoms with Gasteiger partial charge in [0.25, 0.3) is 5.69 Å². The second-order valence-electron chi connectivity index (χ2n) is 4.66. The minimum atomic E-state index is -0.386. The van der Waals surface area contributed by atoms with Crippen LogP contribution in [-0.2, 0) is 19.4 Å². The van der Waals surface area contributed by atoms with E-state index in [1.807, 2.05) is 18.5 Å². The van der Waals surface area contributed by atoms with Gasteiger partial charge in [-0.2, -0.15) is 5.10 Å². The fraction of sp³-hybridized carbons (Fsp3) is 0.429. The van der Waals surface area contributed by atoms with Crippen molar-refractivity contribution in [2.24, 2.45) is 0 Å². The van der Waals surface area contributed by atoms with E-state index < -0.39 is 0 Å². The van der Waals surface area contributed by atoms with Crippen molar-refractivity contribution in [2.45, 2.75) is 33.2 Å². The van der Waals surface area contributed by atoms with E-state index in [9.17, 15) is 10.1 Å². The van der Waals surface area contributed by atoms with Gasteiger partial charge in [-0.3, -0.25) is 10.1 Å². The van der Waals surface area contributed by atoms with E-state index in [2.05, 4.69) is 15.4 Å². The Kier molecular flexibility index (Phi) is 4.52. The Morgan fingerprint density at radius 1 is 1.33 bits per heavy atom. The van der Waals surface area contributed by atoms with Crippen molar-refractivity contribution >= 4 is 11.4 Å². The molecular weight excluding hydrogens is 270 g/mol. The predicted molar refractivity (Wildman–Crippen MR) is 80.5 cm³/mol. The average Bonchev–Trinajstić information content (AvgIpc) is 2.89. The van der Waals surface area contributed by atoms with Crippen LogP contribution in [-0.4, -0.2) is 26.7 Å².